The number of hydrogen-bond donors (Lipinski definition) is 8. The highest BCUT2D eigenvalue weighted by atomic mass is 32.3. The summed E-state index contributed by atoms with van der Waals surface area (Å²) in [5, 5.41) is 53.8. The van der Waals surface area contributed by atoms with Gasteiger partial charge in [0, 0.05) is 0 Å². The first-order valence-electron chi connectivity index (χ1n) is 4.25. The van der Waals surface area contributed by atoms with Gasteiger partial charge >= 0.3 is 10.4 Å². The van der Waals surface area contributed by atoms with E-state index in [2.05, 4.69) is 0 Å². The zero-order valence-corrected chi connectivity index (χ0v) is 9.08. The van der Waals surface area contributed by atoms with Crippen LogP contribution in [0.2, 0.25) is 0 Å². The Labute approximate surface area is 113 Å². The summed E-state index contributed by atoms with van der Waals surface area (Å²) < 4.78 is 31.6. The maximum absolute atomic E-state index is 8.97. The molecule has 0 bridgehead atoms. The van der Waals surface area contributed by atoms with Crippen LogP contribution in [0.3, 0.4) is 0 Å². The molecule has 1 rings (SSSR count). The third kappa shape index (κ3) is 6.36. The van der Waals surface area contributed by atoms with Crippen molar-refractivity contribution in [3.05, 3.63) is 0 Å². The summed E-state index contributed by atoms with van der Waals surface area (Å²) in [6.45, 7) is 0. The van der Waals surface area contributed by atoms with Crippen LogP contribution in [0, 0.1) is 0 Å². The number of aliphatic hydroxyl groups excluding tert-OH is 6. The van der Waals surface area contributed by atoms with Crippen molar-refractivity contribution in [2.24, 2.45) is 0 Å². The Morgan fingerprint density at radius 2 is 0.611 bits per heavy atom. The smallest absolute Gasteiger partial charge is 0.387 e. The minimum absolute atomic E-state index is 0. The lowest BCUT2D eigenvalue weighted by molar-refractivity contribution is -0.223. The van der Waals surface area contributed by atoms with Gasteiger partial charge in [-0.15, -0.1) is 0 Å². The van der Waals surface area contributed by atoms with Gasteiger partial charge in [-0.25, -0.2) is 0 Å². The van der Waals surface area contributed by atoms with Crippen LogP contribution in [0.5, 0.6) is 0 Å². The standard InChI is InChI=1S/C6H12O6.Al.H2O4S.3H/c7-1-2(8)4(10)6(12)5(11)3(1)9;;1-5(2,3)4;;;/h1-12H;;(H2,1,2,3,4);;;/t1-,2-,3-,4+,5-,6-;;;;;. The predicted octanol–water partition coefficient (Wildman–Crippen LogP) is -5.67. The molecule has 12 heteroatoms. The second kappa shape index (κ2) is 7.68. The first kappa shape index (κ1) is 20.5. The van der Waals surface area contributed by atoms with Gasteiger partial charge < -0.3 is 30.6 Å². The zero-order chi connectivity index (χ0) is 14.0. The van der Waals surface area contributed by atoms with Gasteiger partial charge in [0.15, 0.2) is 17.4 Å². The molecular weight excluding hydrogens is 291 g/mol. The Kier molecular flexibility index (Phi) is 8.74. The van der Waals surface area contributed by atoms with E-state index < -0.39 is 47.0 Å². The van der Waals surface area contributed by atoms with Crippen molar-refractivity contribution in [3.8, 4) is 0 Å². The molecule has 8 N–H and O–H groups in total. The molecule has 0 atom stereocenters. The Bertz CT molecular complexity index is 267. The van der Waals surface area contributed by atoms with E-state index in [4.69, 9.17) is 48.2 Å². The summed E-state index contributed by atoms with van der Waals surface area (Å²) in [6, 6.07) is 0. The summed E-state index contributed by atoms with van der Waals surface area (Å²) in [5.74, 6) is 0. The van der Waals surface area contributed by atoms with E-state index in [1.165, 1.54) is 0 Å². The highest BCUT2D eigenvalue weighted by molar-refractivity contribution is 7.79. The van der Waals surface area contributed by atoms with Crippen molar-refractivity contribution in [2.75, 3.05) is 0 Å². The minimum Gasteiger partial charge on any atom is -0.387 e. The number of aliphatic hydroxyl groups is 6. The van der Waals surface area contributed by atoms with Crippen LogP contribution in [-0.4, -0.2) is 102 Å². The maximum Gasteiger partial charge on any atom is 0.394 e. The zero-order valence-electron chi connectivity index (χ0n) is 8.27. The summed E-state index contributed by atoms with van der Waals surface area (Å²) >= 11 is 0. The molecule has 0 aromatic carbocycles. The van der Waals surface area contributed by atoms with Gasteiger partial charge in [-0.1, -0.05) is 0 Å². The van der Waals surface area contributed by atoms with Crippen molar-refractivity contribution in [1.82, 2.24) is 0 Å². The second-order valence-corrected chi connectivity index (χ2v) is 4.29. The van der Waals surface area contributed by atoms with E-state index in [1.54, 1.807) is 0 Å². The van der Waals surface area contributed by atoms with Crippen LogP contribution in [0.15, 0.2) is 0 Å². The fraction of sp³-hybridized carbons (Fsp3) is 1.00. The molecule has 18 heavy (non-hydrogen) atoms. The Morgan fingerprint density at radius 1 is 0.556 bits per heavy atom. The van der Waals surface area contributed by atoms with Crippen LogP contribution >= 0.6 is 0 Å². The fourth-order valence-corrected chi connectivity index (χ4v) is 1.21. The molecule has 110 valence electrons. The number of rotatable bonds is 0. The van der Waals surface area contributed by atoms with E-state index in [9.17, 15) is 0 Å². The molecule has 1 aliphatic carbocycles. The van der Waals surface area contributed by atoms with Crippen LogP contribution in [0.4, 0.5) is 0 Å². The van der Waals surface area contributed by atoms with Crippen LogP contribution in [0.1, 0.15) is 0 Å². The molecule has 1 fully saturated rings. The molecule has 1 aliphatic rings. The average molecular weight is 308 g/mol. The molecule has 0 aromatic heterocycles. The van der Waals surface area contributed by atoms with Gasteiger partial charge in [0.05, 0.1) is 0 Å². The summed E-state index contributed by atoms with van der Waals surface area (Å²) in [6.07, 6.45) is -9.84. The molecule has 0 amide bonds. The molecule has 0 aromatic rings. The molecule has 0 radical (unpaired) electrons. The molecule has 0 heterocycles. The van der Waals surface area contributed by atoms with Crippen molar-refractivity contribution in [3.63, 3.8) is 0 Å². The highest BCUT2D eigenvalue weighted by Gasteiger charge is 2.47. The van der Waals surface area contributed by atoms with Crippen molar-refractivity contribution in [1.29, 1.82) is 0 Å². The van der Waals surface area contributed by atoms with Gasteiger partial charge in [0.2, 0.25) is 0 Å². The van der Waals surface area contributed by atoms with Crippen LogP contribution in [-0.2, 0) is 10.4 Å². The third-order valence-corrected chi connectivity index (χ3v) is 2.10. The Morgan fingerprint density at radius 3 is 0.667 bits per heavy atom. The first-order chi connectivity index (χ1) is 7.46. The van der Waals surface area contributed by atoms with E-state index >= 15 is 0 Å². The van der Waals surface area contributed by atoms with Crippen molar-refractivity contribution in [2.45, 2.75) is 36.6 Å². The van der Waals surface area contributed by atoms with Crippen LogP contribution in [0.25, 0.3) is 0 Å². The highest BCUT2D eigenvalue weighted by Crippen LogP contribution is 2.20. The predicted molar refractivity (Wildman–Crippen MR) is 60.2 cm³/mol. The third-order valence-electron chi connectivity index (χ3n) is 2.10. The maximum atomic E-state index is 8.97. The Balaban J connectivity index is 0. The van der Waals surface area contributed by atoms with Gasteiger partial charge in [-0.3, -0.25) is 9.11 Å². The van der Waals surface area contributed by atoms with Crippen molar-refractivity contribution < 1.29 is 48.2 Å². The monoisotopic (exact) mass is 308 g/mol. The van der Waals surface area contributed by atoms with Gasteiger partial charge in [-0.05, 0) is 0 Å². The van der Waals surface area contributed by atoms with E-state index in [1.807, 2.05) is 0 Å². The lowest BCUT2D eigenvalue weighted by Crippen LogP contribution is -2.63. The molecule has 0 unspecified atom stereocenters. The van der Waals surface area contributed by atoms with E-state index in [0.717, 1.165) is 0 Å². The van der Waals surface area contributed by atoms with Crippen LogP contribution < -0.4 is 0 Å². The van der Waals surface area contributed by atoms with Crippen molar-refractivity contribution >= 4 is 27.8 Å². The quantitative estimate of drug-likeness (QED) is 0.158. The Hall–Kier alpha value is 0.162. The average Bonchev–Trinajstić information content (AvgIpc) is 2.18. The molecule has 1 saturated carbocycles. The summed E-state index contributed by atoms with van der Waals surface area (Å²) in [4.78, 5) is 0. The molecule has 0 spiro atoms. The molecule has 10 nitrogen and oxygen atoms in total. The van der Waals surface area contributed by atoms with E-state index in [0.29, 0.717) is 0 Å². The second-order valence-electron chi connectivity index (χ2n) is 3.39. The molecule has 0 aliphatic heterocycles. The molecule has 0 saturated heterocycles. The number of hydrogen-bond acceptors (Lipinski definition) is 8. The minimum atomic E-state index is -4.67. The summed E-state index contributed by atoms with van der Waals surface area (Å²) in [5.41, 5.74) is 0. The van der Waals surface area contributed by atoms with Gasteiger partial charge in [0.25, 0.3) is 0 Å². The fourth-order valence-electron chi connectivity index (χ4n) is 1.21. The largest absolute Gasteiger partial charge is 0.394 e. The van der Waals surface area contributed by atoms with Gasteiger partial charge in [0.1, 0.15) is 36.6 Å². The van der Waals surface area contributed by atoms with E-state index in [-0.39, 0.29) is 17.4 Å². The normalized spacial score (nSPS) is 40.2. The van der Waals surface area contributed by atoms with Gasteiger partial charge in [-0.2, -0.15) is 8.42 Å². The lowest BCUT2D eigenvalue weighted by atomic mass is 9.85. The lowest BCUT2D eigenvalue weighted by Gasteiger charge is -2.39. The first-order valence-corrected chi connectivity index (χ1v) is 5.64. The topological polar surface area (TPSA) is 196 Å². The summed E-state index contributed by atoms with van der Waals surface area (Å²) in [7, 11) is -4.67. The SMILES string of the molecule is O=S(=O)(O)O.O[C@H]1[C@H](O)[C@@H](O)[C@H](O)[C@@H](O)[C@H]1O.[AlH3]. The molecular formula is C6H17AlO10S.